The van der Waals surface area contributed by atoms with Gasteiger partial charge in [-0.05, 0) is 43.5 Å². The van der Waals surface area contributed by atoms with Gasteiger partial charge >= 0.3 is 0 Å². The van der Waals surface area contributed by atoms with Gasteiger partial charge in [0.05, 0.1) is 16.0 Å². The highest BCUT2D eigenvalue weighted by atomic mass is 35.5. The molecule has 5 nitrogen and oxygen atoms in total. The highest BCUT2D eigenvalue weighted by molar-refractivity contribution is 6.34. The fraction of sp³-hybridized carbons (Fsp3) is 0.500. The van der Waals surface area contributed by atoms with Crippen LogP contribution in [0.25, 0.3) is 0 Å². The van der Waals surface area contributed by atoms with Gasteiger partial charge in [0, 0.05) is 12.2 Å². The monoisotopic (exact) mass is 321 g/mol. The predicted molar refractivity (Wildman–Crippen MR) is 85.9 cm³/mol. The Bertz CT molecular complexity index is 619. The number of carbonyl (C=O) groups excluding carboxylic acids is 2. The molecule has 1 saturated carbocycles. The number of halogens is 1. The second-order valence-electron chi connectivity index (χ2n) is 6.24. The van der Waals surface area contributed by atoms with Crippen LogP contribution in [0.3, 0.4) is 0 Å². The summed E-state index contributed by atoms with van der Waals surface area (Å²) in [5.74, 6) is -0.125. The van der Waals surface area contributed by atoms with E-state index in [0.717, 1.165) is 32.4 Å². The molecule has 0 aromatic heterocycles. The van der Waals surface area contributed by atoms with Gasteiger partial charge in [-0.1, -0.05) is 24.4 Å². The van der Waals surface area contributed by atoms with Crippen molar-refractivity contribution >= 4 is 29.1 Å². The molecule has 1 aromatic rings. The number of benzene rings is 1. The average molecular weight is 322 g/mol. The summed E-state index contributed by atoms with van der Waals surface area (Å²) in [5, 5.41) is 6.58. The number of primary amides is 1. The first-order valence-corrected chi connectivity index (χ1v) is 8.02. The molecule has 22 heavy (non-hydrogen) atoms. The van der Waals surface area contributed by atoms with E-state index in [1.54, 1.807) is 18.2 Å². The van der Waals surface area contributed by atoms with Crippen molar-refractivity contribution in [2.75, 3.05) is 18.4 Å². The zero-order chi connectivity index (χ0) is 15.7. The second-order valence-corrected chi connectivity index (χ2v) is 6.65. The van der Waals surface area contributed by atoms with Crippen molar-refractivity contribution in [3.63, 3.8) is 0 Å². The molecule has 0 radical (unpaired) electrons. The molecule has 2 aliphatic rings. The summed E-state index contributed by atoms with van der Waals surface area (Å²) < 4.78 is 0. The number of hydrogen-bond acceptors (Lipinski definition) is 3. The Morgan fingerprint density at radius 2 is 2.18 bits per heavy atom. The van der Waals surface area contributed by atoms with Crippen molar-refractivity contribution < 1.29 is 9.59 Å². The van der Waals surface area contributed by atoms with Gasteiger partial charge in [-0.15, -0.1) is 0 Å². The van der Waals surface area contributed by atoms with Gasteiger partial charge < -0.3 is 16.4 Å². The van der Waals surface area contributed by atoms with Crippen LogP contribution in [0.15, 0.2) is 18.2 Å². The standard InChI is InChI=1S/C16H20ClN3O2/c17-13-7-11(4-5-12(13)14(18)21)20-15(22)16-6-2-1-3-10(16)8-19-9-16/h4-5,7,10,19H,1-3,6,8-9H2,(H2,18,21)(H,20,22)/t10-,16+/m0/s1. The lowest BCUT2D eigenvalue weighted by Crippen LogP contribution is -2.44. The van der Waals surface area contributed by atoms with Gasteiger partial charge in [-0.2, -0.15) is 0 Å². The third-order valence-corrected chi connectivity index (χ3v) is 5.30. The van der Waals surface area contributed by atoms with E-state index in [1.807, 2.05) is 0 Å². The highest BCUT2D eigenvalue weighted by Gasteiger charge is 2.49. The van der Waals surface area contributed by atoms with E-state index < -0.39 is 5.91 Å². The van der Waals surface area contributed by atoms with Crippen molar-refractivity contribution in [3.05, 3.63) is 28.8 Å². The lowest BCUT2D eigenvalue weighted by Gasteiger charge is -2.37. The van der Waals surface area contributed by atoms with Crippen molar-refractivity contribution in [1.82, 2.24) is 5.32 Å². The van der Waals surface area contributed by atoms with Crippen molar-refractivity contribution in [2.45, 2.75) is 25.7 Å². The SMILES string of the molecule is NC(=O)c1ccc(NC(=O)[C@@]23CCCC[C@H]2CNC3)cc1Cl. The number of amides is 2. The molecule has 4 N–H and O–H groups in total. The van der Waals surface area contributed by atoms with Gasteiger partial charge in [0.15, 0.2) is 0 Å². The summed E-state index contributed by atoms with van der Waals surface area (Å²) in [6.07, 6.45) is 4.30. The number of hydrogen-bond donors (Lipinski definition) is 3. The molecule has 2 atom stereocenters. The van der Waals surface area contributed by atoms with Crippen LogP contribution in [0, 0.1) is 11.3 Å². The van der Waals surface area contributed by atoms with Gasteiger partial charge in [0.25, 0.3) is 0 Å². The molecule has 0 bridgehead atoms. The highest BCUT2D eigenvalue weighted by Crippen LogP contribution is 2.44. The summed E-state index contributed by atoms with van der Waals surface area (Å²) in [7, 11) is 0. The van der Waals surface area contributed by atoms with Crippen LogP contribution in [-0.4, -0.2) is 24.9 Å². The molecule has 2 amide bonds. The van der Waals surface area contributed by atoms with E-state index in [9.17, 15) is 9.59 Å². The fourth-order valence-corrected chi connectivity index (χ4v) is 4.01. The average Bonchev–Trinajstić information content (AvgIpc) is 2.92. The van der Waals surface area contributed by atoms with Crippen LogP contribution in [0.1, 0.15) is 36.0 Å². The van der Waals surface area contributed by atoms with Crippen LogP contribution in [0.4, 0.5) is 5.69 Å². The van der Waals surface area contributed by atoms with Crippen LogP contribution in [-0.2, 0) is 4.79 Å². The molecule has 1 saturated heterocycles. The maximum absolute atomic E-state index is 12.8. The van der Waals surface area contributed by atoms with E-state index in [0.29, 0.717) is 11.6 Å². The number of rotatable bonds is 3. The maximum atomic E-state index is 12.8. The minimum Gasteiger partial charge on any atom is -0.366 e. The van der Waals surface area contributed by atoms with Crippen molar-refractivity contribution in [1.29, 1.82) is 0 Å². The largest absolute Gasteiger partial charge is 0.366 e. The Hall–Kier alpha value is -1.59. The van der Waals surface area contributed by atoms with Gasteiger partial charge in [0.2, 0.25) is 11.8 Å². The van der Waals surface area contributed by atoms with E-state index in [1.165, 1.54) is 6.42 Å². The quantitative estimate of drug-likeness (QED) is 0.797. The van der Waals surface area contributed by atoms with Crippen LogP contribution in [0.5, 0.6) is 0 Å². The Balaban J connectivity index is 1.79. The van der Waals surface area contributed by atoms with Crippen LogP contribution < -0.4 is 16.4 Å². The fourth-order valence-electron chi connectivity index (χ4n) is 3.74. The Labute approximate surface area is 134 Å². The van der Waals surface area contributed by atoms with E-state index in [2.05, 4.69) is 10.6 Å². The third kappa shape index (κ3) is 2.59. The molecular weight excluding hydrogens is 302 g/mol. The summed E-state index contributed by atoms with van der Waals surface area (Å²) in [4.78, 5) is 24.0. The summed E-state index contributed by atoms with van der Waals surface area (Å²) >= 11 is 6.04. The number of nitrogens with one attached hydrogen (secondary N) is 2. The van der Waals surface area contributed by atoms with E-state index in [4.69, 9.17) is 17.3 Å². The number of fused-ring (bicyclic) bond motifs is 1. The minimum atomic E-state index is -0.575. The molecule has 1 aliphatic carbocycles. The smallest absolute Gasteiger partial charge is 0.250 e. The van der Waals surface area contributed by atoms with Crippen molar-refractivity contribution in [2.24, 2.45) is 17.1 Å². The molecule has 118 valence electrons. The van der Waals surface area contributed by atoms with E-state index in [-0.39, 0.29) is 21.9 Å². The number of carbonyl (C=O) groups is 2. The molecule has 1 heterocycles. The van der Waals surface area contributed by atoms with E-state index >= 15 is 0 Å². The van der Waals surface area contributed by atoms with Crippen molar-refractivity contribution in [3.8, 4) is 0 Å². The summed E-state index contributed by atoms with van der Waals surface area (Å²) in [6.45, 7) is 1.64. The Morgan fingerprint density at radius 1 is 1.36 bits per heavy atom. The molecule has 1 aromatic carbocycles. The molecule has 3 rings (SSSR count). The maximum Gasteiger partial charge on any atom is 0.250 e. The molecule has 1 aliphatic heterocycles. The van der Waals surface area contributed by atoms with Gasteiger partial charge in [-0.3, -0.25) is 9.59 Å². The molecule has 2 fully saturated rings. The normalized spacial score (nSPS) is 27.2. The first-order chi connectivity index (χ1) is 10.5. The third-order valence-electron chi connectivity index (χ3n) is 4.98. The Kier molecular flexibility index (Phi) is 4.10. The van der Waals surface area contributed by atoms with Crippen LogP contribution in [0.2, 0.25) is 5.02 Å². The first kappa shape index (κ1) is 15.3. The lowest BCUT2D eigenvalue weighted by atomic mass is 9.67. The molecular formula is C16H20ClN3O2. The molecule has 0 spiro atoms. The second kappa shape index (κ2) is 5.89. The minimum absolute atomic E-state index is 0.0464. The topological polar surface area (TPSA) is 84.2 Å². The zero-order valence-corrected chi connectivity index (χ0v) is 13.1. The number of nitrogens with two attached hydrogens (primary N) is 1. The molecule has 6 heteroatoms. The first-order valence-electron chi connectivity index (χ1n) is 7.64. The Morgan fingerprint density at radius 3 is 2.91 bits per heavy atom. The lowest BCUT2D eigenvalue weighted by molar-refractivity contribution is -0.128. The zero-order valence-electron chi connectivity index (χ0n) is 12.3. The van der Waals surface area contributed by atoms with Gasteiger partial charge in [0.1, 0.15) is 0 Å². The summed E-state index contributed by atoms with van der Waals surface area (Å²) in [6, 6.07) is 4.79. The summed E-state index contributed by atoms with van der Waals surface area (Å²) in [5.41, 5.74) is 5.78. The van der Waals surface area contributed by atoms with Crippen LogP contribution >= 0.6 is 11.6 Å². The van der Waals surface area contributed by atoms with Gasteiger partial charge in [-0.25, -0.2) is 0 Å². The molecule has 0 unspecified atom stereocenters. The predicted octanol–water partition coefficient (Wildman–Crippen LogP) is 2.16. The number of anilines is 1.